The molecule has 0 saturated carbocycles. The molecule has 7 N–H and O–H groups in total. The lowest BCUT2D eigenvalue weighted by Crippen LogP contribution is -2.40. The summed E-state index contributed by atoms with van der Waals surface area (Å²) in [5, 5.41) is 22.4. The predicted molar refractivity (Wildman–Crippen MR) is 145 cm³/mol. The molecule has 192 valence electrons. The number of aromatic nitrogens is 1. The number of carboxylic acid groups (broad SMARTS) is 1. The minimum absolute atomic E-state index is 0.0526. The van der Waals surface area contributed by atoms with E-state index in [2.05, 4.69) is 47.1 Å². The van der Waals surface area contributed by atoms with Gasteiger partial charge in [-0.15, -0.1) is 11.3 Å². The summed E-state index contributed by atoms with van der Waals surface area (Å²) >= 11 is 2.49. The molecule has 1 fully saturated rings. The van der Waals surface area contributed by atoms with E-state index in [1.807, 2.05) is 6.07 Å². The van der Waals surface area contributed by atoms with Gasteiger partial charge in [-0.2, -0.15) is 0 Å². The van der Waals surface area contributed by atoms with Crippen LogP contribution in [0.2, 0.25) is 0 Å². The maximum absolute atomic E-state index is 12.6. The quantitative estimate of drug-likeness (QED) is 0.124. The number of thiazole rings is 1. The topological polar surface area (TPSA) is 156 Å². The van der Waals surface area contributed by atoms with Gasteiger partial charge in [0, 0.05) is 37.0 Å². The molecule has 3 rings (SSSR count). The third-order valence-electron chi connectivity index (χ3n) is 5.67. The number of anilines is 2. The fraction of sp³-hybridized carbons (Fsp3) is 0.565. The van der Waals surface area contributed by atoms with Gasteiger partial charge < -0.3 is 31.1 Å². The standard InChI is InChI=1S/C23H35N7O3S2/c1-23(2,3)20-27-16-12-17(30-10-5-4-6-11-30)15(13-18(16)34-20)29-35-22(33)28-14(19(31)32)8-7-9-26-21(24)25/h12-14,29H,4-11H2,1-3H3,(H,28,33)(H,31,32)(H4,24,25,26)/t14-/m0/s1. The molecule has 35 heavy (non-hydrogen) atoms. The second-order valence-corrected chi connectivity index (χ2v) is 11.5. The minimum Gasteiger partial charge on any atom is -0.480 e. The zero-order valence-corrected chi connectivity index (χ0v) is 22.1. The molecule has 2 heterocycles. The van der Waals surface area contributed by atoms with Crippen molar-refractivity contribution in [2.75, 3.05) is 29.3 Å². The Morgan fingerprint density at radius 3 is 2.63 bits per heavy atom. The molecule has 2 aromatic rings. The summed E-state index contributed by atoms with van der Waals surface area (Å²) in [6.07, 6.45) is 4.12. The second kappa shape index (κ2) is 11.8. The first-order valence-electron chi connectivity index (χ1n) is 11.8. The monoisotopic (exact) mass is 521 g/mol. The molecule has 1 aliphatic rings. The van der Waals surface area contributed by atoms with Crippen molar-refractivity contribution in [1.82, 2.24) is 15.6 Å². The number of guanidine groups is 1. The van der Waals surface area contributed by atoms with Gasteiger partial charge in [0.2, 0.25) is 0 Å². The Hall–Kier alpha value is -2.73. The highest BCUT2D eigenvalue weighted by Gasteiger charge is 2.23. The number of rotatable bonds is 9. The van der Waals surface area contributed by atoms with Crippen LogP contribution in [-0.4, -0.2) is 52.9 Å². The fourth-order valence-electron chi connectivity index (χ4n) is 3.82. The average molecular weight is 522 g/mol. The number of piperidine rings is 1. The lowest BCUT2D eigenvalue weighted by Gasteiger charge is -2.30. The molecule has 1 saturated heterocycles. The summed E-state index contributed by atoms with van der Waals surface area (Å²) in [6, 6.07) is 3.11. The first-order valence-corrected chi connectivity index (χ1v) is 13.4. The van der Waals surface area contributed by atoms with E-state index < -0.39 is 17.3 Å². The van der Waals surface area contributed by atoms with Gasteiger partial charge in [0.05, 0.1) is 26.6 Å². The van der Waals surface area contributed by atoms with E-state index in [-0.39, 0.29) is 17.8 Å². The molecule has 1 atom stereocenters. The van der Waals surface area contributed by atoms with Crippen LogP contribution in [0.4, 0.5) is 16.2 Å². The average Bonchev–Trinajstić information content (AvgIpc) is 3.23. The molecule has 10 nitrogen and oxygen atoms in total. The number of hydrogen-bond donors (Lipinski definition) is 6. The zero-order chi connectivity index (χ0) is 25.6. The van der Waals surface area contributed by atoms with Crippen molar-refractivity contribution in [3.05, 3.63) is 17.1 Å². The summed E-state index contributed by atoms with van der Waals surface area (Å²) < 4.78 is 4.21. The highest BCUT2D eigenvalue weighted by atomic mass is 32.2. The van der Waals surface area contributed by atoms with Crippen molar-refractivity contribution in [3.63, 3.8) is 0 Å². The predicted octanol–water partition coefficient (Wildman–Crippen LogP) is 4.07. The van der Waals surface area contributed by atoms with Crippen molar-refractivity contribution < 1.29 is 14.7 Å². The van der Waals surface area contributed by atoms with Gasteiger partial charge in [0.15, 0.2) is 5.96 Å². The zero-order valence-electron chi connectivity index (χ0n) is 20.4. The van der Waals surface area contributed by atoms with Crippen LogP contribution in [0.15, 0.2) is 12.1 Å². The first kappa shape index (κ1) is 26.9. The van der Waals surface area contributed by atoms with Gasteiger partial charge in [0.25, 0.3) is 5.24 Å². The van der Waals surface area contributed by atoms with Crippen molar-refractivity contribution >= 4 is 62.0 Å². The molecule has 1 aromatic heterocycles. The maximum atomic E-state index is 12.6. The highest BCUT2D eigenvalue weighted by Crippen LogP contribution is 2.39. The number of amides is 1. The Labute approximate surface area is 214 Å². The van der Waals surface area contributed by atoms with Crippen LogP contribution in [0.5, 0.6) is 0 Å². The number of benzene rings is 1. The van der Waals surface area contributed by atoms with E-state index in [1.54, 1.807) is 11.3 Å². The lowest BCUT2D eigenvalue weighted by atomic mass is 9.98. The molecule has 0 radical (unpaired) electrons. The van der Waals surface area contributed by atoms with Gasteiger partial charge in [0.1, 0.15) is 6.04 Å². The molecule has 0 unspecified atom stereocenters. The Balaban J connectivity index is 1.72. The van der Waals surface area contributed by atoms with E-state index in [9.17, 15) is 14.7 Å². The number of nitrogens with zero attached hydrogens (tertiary/aromatic N) is 2. The number of carboxylic acids is 1. The van der Waals surface area contributed by atoms with E-state index in [0.717, 1.165) is 64.5 Å². The largest absolute Gasteiger partial charge is 0.480 e. The first-order chi connectivity index (χ1) is 16.5. The summed E-state index contributed by atoms with van der Waals surface area (Å²) in [5.41, 5.74) is 7.96. The molecule has 0 spiro atoms. The van der Waals surface area contributed by atoms with E-state index in [1.165, 1.54) is 6.42 Å². The van der Waals surface area contributed by atoms with Crippen LogP contribution < -0.4 is 26.0 Å². The van der Waals surface area contributed by atoms with Gasteiger partial charge in [-0.05, 0) is 44.2 Å². The molecule has 1 amide bonds. The van der Waals surface area contributed by atoms with Crippen molar-refractivity contribution in [2.24, 2.45) is 5.73 Å². The summed E-state index contributed by atoms with van der Waals surface area (Å²) in [7, 11) is 0. The summed E-state index contributed by atoms with van der Waals surface area (Å²) in [6.45, 7) is 8.69. The number of carbonyl (C=O) groups is 2. The molecule has 1 aliphatic heterocycles. The molecule has 0 bridgehead atoms. The SMILES string of the molecule is CC(C)(C)c1nc2cc(N3CCCCC3)c(NSC(=O)N[C@@H](CCCNC(=N)N)C(=O)O)cc2s1. The number of fused-ring (bicyclic) bond motifs is 1. The van der Waals surface area contributed by atoms with Crippen LogP contribution in [0.1, 0.15) is 57.9 Å². The lowest BCUT2D eigenvalue weighted by molar-refractivity contribution is -0.139. The van der Waals surface area contributed by atoms with Crippen LogP contribution >= 0.6 is 23.3 Å². The van der Waals surface area contributed by atoms with Gasteiger partial charge >= 0.3 is 5.97 Å². The van der Waals surface area contributed by atoms with Crippen molar-refractivity contribution in [1.29, 1.82) is 5.41 Å². The molecule has 0 aliphatic carbocycles. The normalized spacial score (nSPS) is 15.0. The van der Waals surface area contributed by atoms with Gasteiger partial charge in [-0.3, -0.25) is 10.2 Å². The van der Waals surface area contributed by atoms with Crippen LogP contribution in [0, 0.1) is 5.41 Å². The third kappa shape index (κ3) is 7.63. The van der Waals surface area contributed by atoms with Crippen LogP contribution in [0.3, 0.4) is 0 Å². The number of hydrogen-bond acceptors (Lipinski definition) is 8. The minimum atomic E-state index is -1.10. The Bertz CT molecular complexity index is 1060. The van der Waals surface area contributed by atoms with E-state index in [4.69, 9.17) is 16.1 Å². The van der Waals surface area contributed by atoms with E-state index in [0.29, 0.717) is 13.0 Å². The Morgan fingerprint density at radius 2 is 2.00 bits per heavy atom. The summed E-state index contributed by atoms with van der Waals surface area (Å²) in [5.74, 6) is -1.27. The van der Waals surface area contributed by atoms with E-state index >= 15 is 0 Å². The maximum Gasteiger partial charge on any atom is 0.326 e. The number of nitrogens with one attached hydrogen (secondary N) is 4. The highest BCUT2D eigenvalue weighted by molar-refractivity contribution is 8.14. The van der Waals surface area contributed by atoms with Gasteiger partial charge in [-0.1, -0.05) is 20.8 Å². The fourth-order valence-corrected chi connectivity index (χ4v) is 5.43. The van der Waals surface area contributed by atoms with Crippen molar-refractivity contribution in [2.45, 2.75) is 64.3 Å². The van der Waals surface area contributed by atoms with Crippen LogP contribution in [-0.2, 0) is 10.2 Å². The molecular weight excluding hydrogens is 486 g/mol. The molecule has 1 aromatic carbocycles. The molecular formula is C23H35N7O3S2. The van der Waals surface area contributed by atoms with Crippen LogP contribution in [0.25, 0.3) is 10.2 Å². The Morgan fingerprint density at radius 1 is 1.29 bits per heavy atom. The Kier molecular flexibility index (Phi) is 9.06. The number of nitrogens with two attached hydrogens (primary N) is 1. The number of aliphatic carboxylic acids is 1. The van der Waals surface area contributed by atoms with Gasteiger partial charge in [-0.25, -0.2) is 9.78 Å². The third-order valence-corrected chi connectivity index (χ3v) is 7.74. The molecule has 12 heteroatoms. The number of carbonyl (C=O) groups excluding carboxylic acids is 1. The second-order valence-electron chi connectivity index (χ2n) is 9.66. The summed E-state index contributed by atoms with van der Waals surface area (Å²) in [4.78, 5) is 31.4. The van der Waals surface area contributed by atoms with Crippen molar-refractivity contribution in [3.8, 4) is 0 Å². The smallest absolute Gasteiger partial charge is 0.326 e.